The Bertz CT molecular complexity index is 361. The molecule has 0 saturated heterocycles. The Morgan fingerprint density at radius 3 is 2.75 bits per heavy atom. The standard InChI is InChI=1S/C6H2BrIN2OS/c7-4-2-1-3(11-4)5-9-10-6(8)12-5/h1-2H. The summed E-state index contributed by atoms with van der Waals surface area (Å²) < 4.78 is 6.93. The van der Waals surface area contributed by atoms with Gasteiger partial charge in [0.1, 0.15) is 0 Å². The lowest BCUT2D eigenvalue weighted by molar-refractivity contribution is 0.554. The van der Waals surface area contributed by atoms with Gasteiger partial charge in [-0.3, -0.25) is 0 Å². The Hall–Kier alpha value is 0.0500. The number of hydrogen-bond acceptors (Lipinski definition) is 4. The first kappa shape index (κ1) is 8.64. The zero-order chi connectivity index (χ0) is 8.55. The van der Waals surface area contributed by atoms with E-state index in [1.807, 2.05) is 12.1 Å². The van der Waals surface area contributed by atoms with Gasteiger partial charge in [0.15, 0.2) is 18.5 Å². The first-order valence-electron chi connectivity index (χ1n) is 3.00. The lowest BCUT2D eigenvalue weighted by Gasteiger charge is -1.83. The monoisotopic (exact) mass is 356 g/mol. The number of nitrogens with zero attached hydrogens (tertiary/aromatic N) is 2. The van der Waals surface area contributed by atoms with Crippen molar-refractivity contribution in [2.24, 2.45) is 0 Å². The predicted octanol–water partition coefficient (Wildman–Crippen LogP) is 3.17. The minimum absolute atomic E-state index is 0.711. The third-order valence-corrected chi connectivity index (χ3v) is 3.21. The number of furan rings is 1. The van der Waals surface area contributed by atoms with Crippen LogP contribution in [-0.4, -0.2) is 10.2 Å². The highest BCUT2D eigenvalue weighted by Crippen LogP contribution is 2.27. The van der Waals surface area contributed by atoms with Crippen molar-refractivity contribution >= 4 is 49.9 Å². The molecule has 0 saturated carbocycles. The molecule has 0 bridgehead atoms. The minimum Gasteiger partial charge on any atom is -0.447 e. The lowest BCUT2D eigenvalue weighted by atomic mass is 10.5. The van der Waals surface area contributed by atoms with Gasteiger partial charge in [0.05, 0.1) is 0 Å². The maximum atomic E-state index is 5.30. The summed E-state index contributed by atoms with van der Waals surface area (Å²) >= 11 is 6.85. The second-order valence-corrected chi connectivity index (χ2v) is 5.48. The number of rotatable bonds is 1. The topological polar surface area (TPSA) is 38.9 Å². The van der Waals surface area contributed by atoms with Crippen molar-refractivity contribution < 1.29 is 4.42 Å². The van der Waals surface area contributed by atoms with Gasteiger partial charge in [-0.1, -0.05) is 11.3 Å². The molecular weight excluding hydrogens is 355 g/mol. The molecule has 0 aliphatic heterocycles. The fourth-order valence-corrected chi connectivity index (χ4v) is 2.31. The first-order chi connectivity index (χ1) is 5.75. The second kappa shape index (κ2) is 3.43. The van der Waals surface area contributed by atoms with Crippen LogP contribution in [-0.2, 0) is 0 Å². The molecular formula is C6H2BrIN2OS. The van der Waals surface area contributed by atoms with Crippen LogP contribution in [0.4, 0.5) is 0 Å². The van der Waals surface area contributed by atoms with Crippen LogP contribution in [0.15, 0.2) is 21.2 Å². The molecule has 0 aromatic carbocycles. The highest BCUT2D eigenvalue weighted by Gasteiger charge is 2.08. The molecule has 0 amide bonds. The molecule has 0 fully saturated rings. The molecule has 2 aromatic rings. The van der Waals surface area contributed by atoms with E-state index in [2.05, 4.69) is 48.7 Å². The van der Waals surface area contributed by atoms with Crippen molar-refractivity contribution in [2.75, 3.05) is 0 Å². The van der Waals surface area contributed by atoms with E-state index in [-0.39, 0.29) is 0 Å². The Morgan fingerprint density at radius 2 is 2.25 bits per heavy atom. The molecule has 0 aliphatic rings. The van der Waals surface area contributed by atoms with Crippen LogP contribution in [0.5, 0.6) is 0 Å². The van der Waals surface area contributed by atoms with Crippen molar-refractivity contribution in [1.29, 1.82) is 0 Å². The van der Waals surface area contributed by atoms with Gasteiger partial charge in [0, 0.05) is 0 Å². The van der Waals surface area contributed by atoms with Gasteiger partial charge >= 0.3 is 0 Å². The Balaban J connectivity index is 2.43. The maximum Gasteiger partial charge on any atom is 0.184 e. The smallest absolute Gasteiger partial charge is 0.184 e. The fraction of sp³-hybridized carbons (Fsp3) is 0. The molecule has 2 aromatic heterocycles. The van der Waals surface area contributed by atoms with Gasteiger partial charge in [0.25, 0.3) is 0 Å². The van der Waals surface area contributed by atoms with E-state index in [4.69, 9.17) is 4.42 Å². The number of hydrogen-bond donors (Lipinski definition) is 0. The Morgan fingerprint density at radius 1 is 1.42 bits per heavy atom. The van der Waals surface area contributed by atoms with Crippen LogP contribution in [0.3, 0.4) is 0 Å². The summed E-state index contributed by atoms with van der Waals surface area (Å²) in [7, 11) is 0. The number of halogens is 2. The van der Waals surface area contributed by atoms with E-state index in [1.165, 1.54) is 11.3 Å². The Labute approximate surface area is 94.5 Å². The number of aromatic nitrogens is 2. The van der Waals surface area contributed by atoms with Crippen LogP contribution in [0, 0.1) is 3.01 Å². The summed E-state index contributed by atoms with van der Waals surface area (Å²) in [6.45, 7) is 0. The van der Waals surface area contributed by atoms with Gasteiger partial charge in [-0.2, -0.15) is 0 Å². The predicted molar refractivity (Wildman–Crippen MR) is 58.0 cm³/mol. The maximum absolute atomic E-state index is 5.30. The molecule has 0 aliphatic carbocycles. The highest BCUT2D eigenvalue weighted by atomic mass is 127. The summed E-state index contributed by atoms with van der Waals surface area (Å²) in [6, 6.07) is 3.70. The first-order valence-corrected chi connectivity index (χ1v) is 5.69. The fourth-order valence-electron chi connectivity index (χ4n) is 0.734. The molecule has 6 heteroatoms. The quantitative estimate of drug-likeness (QED) is 0.737. The molecule has 0 unspecified atom stereocenters. The van der Waals surface area contributed by atoms with E-state index in [9.17, 15) is 0 Å². The lowest BCUT2D eigenvalue weighted by Crippen LogP contribution is -1.71. The third-order valence-electron chi connectivity index (χ3n) is 1.18. The third kappa shape index (κ3) is 1.69. The van der Waals surface area contributed by atoms with Crippen LogP contribution >= 0.6 is 49.9 Å². The SMILES string of the molecule is Brc1ccc(-c2nnc(I)s2)o1. The zero-order valence-corrected chi connectivity index (χ0v) is 10.2. The van der Waals surface area contributed by atoms with E-state index in [0.717, 1.165) is 13.8 Å². The van der Waals surface area contributed by atoms with Crippen molar-refractivity contribution in [3.05, 3.63) is 19.8 Å². The van der Waals surface area contributed by atoms with Crippen LogP contribution in [0.2, 0.25) is 0 Å². The average Bonchev–Trinajstić information content (AvgIpc) is 2.58. The van der Waals surface area contributed by atoms with Gasteiger partial charge in [-0.25, -0.2) is 0 Å². The van der Waals surface area contributed by atoms with Crippen molar-refractivity contribution in [2.45, 2.75) is 0 Å². The summed E-state index contributed by atoms with van der Waals surface area (Å²) in [4.78, 5) is 0. The summed E-state index contributed by atoms with van der Waals surface area (Å²) in [5, 5.41) is 8.64. The van der Waals surface area contributed by atoms with Gasteiger partial charge in [-0.15, -0.1) is 10.2 Å². The summed E-state index contributed by atoms with van der Waals surface area (Å²) in [5.74, 6) is 0.752. The van der Waals surface area contributed by atoms with E-state index in [0.29, 0.717) is 4.67 Å². The molecule has 0 spiro atoms. The molecule has 62 valence electrons. The highest BCUT2D eigenvalue weighted by molar-refractivity contribution is 14.1. The normalized spacial score (nSPS) is 10.5. The second-order valence-electron chi connectivity index (χ2n) is 1.96. The van der Waals surface area contributed by atoms with Gasteiger partial charge in [0.2, 0.25) is 0 Å². The van der Waals surface area contributed by atoms with Crippen LogP contribution in [0.25, 0.3) is 10.8 Å². The molecule has 0 atom stereocenters. The molecule has 2 rings (SSSR count). The van der Waals surface area contributed by atoms with Crippen LogP contribution in [0.1, 0.15) is 0 Å². The summed E-state index contributed by atoms with van der Waals surface area (Å²) in [6.07, 6.45) is 0. The largest absolute Gasteiger partial charge is 0.447 e. The molecule has 3 nitrogen and oxygen atoms in total. The van der Waals surface area contributed by atoms with Crippen molar-refractivity contribution in [3.8, 4) is 10.8 Å². The van der Waals surface area contributed by atoms with E-state index in [1.54, 1.807) is 0 Å². The van der Waals surface area contributed by atoms with Crippen LogP contribution < -0.4 is 0 Å². The average molecular weight is 357 g/mol. The van der Waals surface area contributed by atoms with Crippen molar-refractivity contribution in [1.82, 2.24) is 10.2 Å². The molecule has 0 radical (unpaired) electrons. The van der Waals surface area contributed by atoms with Gasteiger partial charge in [-0.05, 0) is 50.7 Å². The molecule has 0 N–H and O–H groups in total. The van der Waals surface area contributed by atoms with E-state index < -0.39 is 0 Å². The zero-order valence-electron chi connectivity index (χ0n) is 5.62. The van der Waals surface area contributed by atoms with E-state index >= 15 is 0 Å². The molecule has 12 heavy (non-hydrogen) atoms. The minimum atomic E-state index is 0.711. The molecule has 2 heterocycles. The van der Waals surface area contributed by atoms with Crippen molar-refractivity contribution in [3.63, 3.8) is 0 Å². The van der Waals surface area contributed by atoms with Gasteiger partial charge < -0.3 is 4.42 Å². The summed E-state index contributed by atoms with van der Waals surface area (Å²) in [5.41, 5.74) is 0. The Kier molecular flexibility index (Phi) is 2.47.